The van der Waals surface area contributed by atoms with Gasteiger partial charge in [-0.05, 0) is 25.0 Å². The Balaban J connectivity index is 2.29. The van der Waals surface area contributed by atoms with Crippen LogP contribution in [-0.2, 0) is 23.2 Å². The van der Waals surface area contributed by atoms with Crippen molar-refractivity contribution >= 4 is 11.8 Å². The van der Waals surface area contributed by atoms with Crippen molar-refractivity contribution in [3.63, 3.8) is 0 Å². The van der Waals surface area contributed by atoms with Crippen molar-refractivity contribution in [3.05, 3.63) is 5.82 Å². The summed E-state index contributed by atoms with van der Waals surface area (Å²) in [5.74, 6) is 0.215. The predicted octanol–water partition coefficient (Wildman–Crippen LogP) is -0.384. The largest absolute Gasteiger partial charge is 0.340 e. The van der Waals surface area contributed by atoms with E-state index in [1.54, 1.807) is 18.9 Å². The summed E-state index contributed by atoms with van der Waals surface area (Å²) in [4.78, 5) is 27.7. The molecule has 0 saturated carbocycles. The summed E-state index contributed by atoms with van der Waals surface area (Å²) in [6, 6.07) is -0.481. The molecule has 8 nitrogen and oxygen atoms in total. The lowest BCUT2D eigenvalue weighted by molar-refractivity contribution is -0.155. The number of hydrogen-bond donors (Lipinski definition) is 1. The van der Waals surface area contributed by atoms with Crippen LogP contribution in [0.2, 0.25) is 0 Å². The van der Waals surface area contributed by atoms with Crippen molar-refractivity contribution in [2.75, 3.05) is 0 Å². The predicted molar refractivity (Wildman–Crippen MR) is 70.3 cm³/mol. The molecule has 1 saturated heterocycles. The smallest absolute Gasteiger partial charge is 0.249 e. The Morgan fingerprint density at radius 2 is 2.05 bits per heavy atom. The molecule has 0 spiro atoms. The molecule has 1 fully saturated rings. The van der Waals surface area contributed by atoms with Gasteiger partial charge in [-0.1, -0.05) is 13.8 Å². The van der Waals surface area contributed by atoms with Crippen LogP contribution in [0.5, 0.6) is 0 Å². The van der Waals surface area contributed by atoms with Gasteiger partial charge in [0.05, 0.1) is 13.6 Å². The highest BCUT2D eigenvalue weighted by molar-refractivity contribution is 5.99. The minimum absolute atomic E-state index is 0.0982. The fourth-order valence-corrected chi connectivity index (χ4v) is 2.38. The number of nitrogens with one attached hydrogen (secondary N) is 1. The quantitative estimate of drug-likeness (QED) is 0.811. The second-order valence-electron chi connectivity index (χ2n) is 5.23. The van der Waals surface area contributed by atoms with Crippen molar-refractivity contribution in [2.24, 2.45) is 7.05 Å². The molecule has 0 aromatic carbocycles. The molecular weight excluding hydrogens is 260 g/mol. The third kappa shape index (κ3) is 2.37. The van der Waals surface area contributed by atoms with Gasteiger partial charge in [0.1, 0.15) is 11.6 Å². The first-order valence-corrected chi connectivity index (χ1v) is 6.77. The minimum Gasteiger partial charge on any atom is -0.340 e. The van der Waals surface area contributed by atoms with E-state index in [1.807, 2.05) is 13.8 Å². The first-order valence-electron chi connectivity index (χ1n) is 6.77. The minimum atomic E-state index is -0.856. The van der Waals surface area contributed by atoms with Crippen molar-refractivity contribution in [1.29, 1.82) is 0 Å². The lowest BCUT2D eigenvalue weighted by Gasteiger charge is -2.43. The van der Waals surface area contributed by atoms with Crippen LogP contribution in [0.1, 0.15) is 39.4 Å². The van der Waals surface area contributed by atoms with E-state index in [9.17, 15) is 9.59 Å². The summed E-state index contributed by atoms with van der Waals surface area (Å²) in [6.07, 6.45) is 1.09. The molecule has 110 valence electrons. The highest BCUT2D eigenvalue weighted by Crippen LogP contribution is 2.24. The van der Waals surface area contributed by atoms with Crippen molar-refractivity contribution in [3.8, 4) is 0 Å². The Morgan fingerprint density at radius 1 is 1.35 bits per heavy atom. The molecule has 0 aliphatic carbocycles. The molecule has 20 heavy (non-hydrogen) atoms. The Kier molecular flexibility index (Phi) is 3.74. The summed E-state index contributed by atoms with van der Waals surface area (Å²) in [7, 11) is 1.66. The van der Waals surface area contributed by atoms with Gasteiger partial charge in [-0.2, -0.15) is 4.80 Å². The second kappa shape index (κ2) is 5.18. The molecule has 8 heteroatoms. The maximum absolute atomic E-state index is 12.6. The maximum atomic E-state index is 12.6. The van der Waals surface area contributed by atoms with Crippen molar-refractivity contribution in [2.45, 2.75) is 51.7 Å². The molecule has 1 aromatic rings. The van der Waals surface area contributed by atoms with E-state index in [1.165, 1.54) is 4.80 Å². The maximum Gasteiger partial charge on any atom is 0.249 e. The van der Waals surface area contributed by atoms with Gasteiger partial charge in [-0.15, -0.1) is 10.2 Å². The standard InChI is InChI=1S/C12H20N6O2/c1-5-8-10(19)13-12(3,6-2)11(20)18(8)7-9-14-16-17(4)15-9/h8H,5-7H2,1-4H3,(H,13,19). The third-order valence-electron chi connectivity index (χ3n) is 3.77. The van der Waals surface area contributed by atoms with Gasteiger partial charge in [-0.3, -0.25) is 9.59 Å². The van der Waals surface area contributed by atoms with Gasteiger partial charge in [0.2, 0.25) is 11.8 Å². The number of rotatable bonds is 4. The average Bonchev–Trinajstić information content (AvgIpc) is 2.81. The van der Waals surface area contributed by atoms with Crippen molar-refractivity contribution in [1.82, 2.24) is 30.4 Å². The highest BCUT2D eigenvalue weighted by Gasteiger charge is 2.46. The SMILES string of the molecule is CCC1C(=O)NC(C)(CC)C(=O)N1Cc1nnn(C)n1. The first kappa shape index (κ1) is 14.4. The van der Waals surface area contributed by atoms with Crippen molar-refractivity contribution < 1.29 is 9.59 Å². The molecule has 1 aliphatic heterocycles. The van der Waals surface area contributed by atoms with Gasteiger partial charge >= 0.3 is 0 Å². The third-order valence-corrected chi connectivity index (χ3v) is 3.77. The topological polar surface area (TPSA) is 93.0 Å². The van der Waals surface area contributed by atoms with E-state index in [0.717, 1.165) is 0 Å². The molecule has 2 heterocycles. The number of amides is 2. The van der Waals surface area contributed by atoms with Gasteiger partial charge in [0.25, 0.3) is 0 Å². The number of aromatic nitrogens is 4. The van der Waals surface area contributed by atoms with Crippen LogP contribution in [0.25, 0.3) is 0 Å². The number of carbonyl (C=O) groups is 2. The summed E-state index contributed by atoms with van der Waals surface area (Å²) in [6.45, 7) is 5.71. The number of nitrogens with zero attached hydrogens (tertiary/aromatic N) is 5. The van der Waals surface area contributed by atoms with E-state index >= 15 is 0 Å². The molecular formula is C12H20N6O2. The van der Waals surface area contributed by atoms with Gasteiger partial charge < -0.3 is 10.2 Å². The molecule has 1 N–H and O–H groups in total. The zero-order chi connectivity index (χ0) is 14.9. The molecule has 2 amide bonds. The number of hydrogen-bond acceptors (Lipinski definition) is 5. The fourth-order valence-electron chi connectivity index (χ4n) is 2.38. The van der Waals surface area contributed by atoms with Crippen LogP contribution in [0, 0.1) is 0 Å². The molecule has 1 aliphatic rings. The molecule has 0 radical (unpaired) electrons. The number of aryl methyl sites for hydroxylation is 1. The van der Waals surface area contributed by atoms with Crippen LogP contribution >= 0.6 is 0 Å². The van der Waals surface area contributed by atoms with E-state index < -0.39 is 11.6 Å². The zero-order valence-electron chi connectivity index (χ0n) is 12.3. The second-order valence-corrected chi connectivity index (χ2v) is 5.23. The highest BCUT2D eigenvalue weighted by atomic mass is 16.2. The fraction of sp³-hybridized carbons (Fsp3) is 0.750. The Labute approximate surface area is 117 Å². The summed E-state index contributed by atoms with van der Waals surface area (Å²) in [5, 5.41) is 14.5. The molecule has 2 atom stereocenters. The Bertz CT molecular complexity index is 528. The normalized spacial score (nSPS) is 26.8. The zero-order valence-corrected chi connectivity index (χ0v) is 12.3. The number of piperazine rings is 1. The Hall–Kier alpha value is -1.99. The van der Waals surface area contributed by atoms with Gasteiger partial charge in [-0.25, -0.2) is 0 Å². The summed E-state index contributed by atoms with van der Waals surface area (Å²) in [5.41, 5.74) is -0.856. The lowest BCUT2D eigenvalue weighted by Crippen LogP contribution is -2.68. The van der Waals surface area contributed by atoms with E-state index in [-0.39, 0.29) is 18.4 Å². The first-order chi connectivity index (χ1) is 9.41. The van der Waals surface area contributed by atoms with E-state index in [0.29, 0.717) is 18.7 Å². The summed E-state index contributed by atoms with van der Waals surface area (Å²) >= 11 is 0. The molecule has 2 unspecified atom stereocenters. The number of tetrazole rings is 1. The molecule has 2 rings (SSSR count). The Morgan fingerprint density at radius 3 is 2.55 bits per heavy atom. The average molecular weight is 280 g/mol. The van der Waals surface area contributed by atoms with E-state index in [2.05, 4.69) is 20.7 Å². The van der Waals surface area contributed by atoms with Crippen LogP contribution in [0.15, 0.2) is 0 Å². The monoisotopic (exact) mass is 280 g/mol. The lowest BCUT2D eigenvalue weighted by atomic mass is 9.91. The van der Waals surface area contributed by atoms with E-state index in [4.69, 9.17) is 0 Å². The number of carbonyl (C=O) groups excluding carboxylic acids is 2. The summed E-state index contributed by atoms with van der Waals surface area (Å²) < 4.78 is 0. The van der Waals surface area contributed by atoms with Crippen LogP contribution < -0.4 is 5.32 Å². The molecule has 1 aromatic heterocycles. The van der Waals surface area contributed by atoms with Gasteiger partial charge in [0, 0.05) is 0 Å². The van der Waals surface area contributed by atoms with Gasteiger partial charge in [0.15, 0.2) is 5.82 Å². The van der Waals surface area contributed by atoms with Crippen LogP contribution in [0.4, 0.5) is 0 Å². The van der Waals surface area contributed by atoms with Crippen LogP contribution in [-0.4, -0.2) is 48.5 Å². The van der Waals surface area contributed by atoms with Crippen LogP contribution in [0.3, 0.4) is 0 Å². The molecule has 0 bridgehead atoms.